The average Bonchev–Trinajstić information content (AvgIpc) is 2.57. The van der Waals surface area contributed by atoms with Crippen LogP contribution in [-0.4, -0.2) is 49.0 Å². The molecule has 0 radical (unpaired) electrons. The fourth-order valence-corrected chi connectivity index (χ4v) is 3.67. The smallest absolute Gasteiger partial charge is 0.243 e. The van der Waals surface area contributed by atoms with E-state index in [0.717, 1.165) is 11.1 Å². The molecule has 3 rings (SSSR count). The van der Waals surface area contributed by atoms with Crippen LogP contribution in [0.2, 0.25) is 0 Å². The largest absolute Gasteiger partial charge is 0.379 e. The van der Waals surface area contributed by atoms with Gasteiger partial charge < -0.3 is 4.74 Å². The highest BCUT2D eigenvalue weighted by Crippen LogP contribution is 2.23. The minimum atomic E-state index is -3.48. The van der Waals surface area contributed by atoms with Crippen LogP contribution in [0.3, 0.4) is 0 Å². The van der Waals surface area contributed by atoms with Gasteiger partial charge in [-0.1, -0.05) is 12.1 Å². The maximum atomic E-state index is 12.6. The van der Waals surface area contributed by atoms with Crippen LogP contribution in [0.15, 0.2) is 47.9 Å². The Morgan fingerprint density at radius 1 is 1.05 bits per heavy atom. The lowest BCUT2D eigenvalue weighted by Gasteiger charge is -2.26. The van der Waals surface area contributed by atoms with E-state index >= 15 is 0 Å². The van der Waals surface area contributed by atoms with Gasteiger partial charge in [-0.25, -0.2) is 18.4 Å². The average molecular weight is 305 g/mol. The lowest BCUT2D eigenvalue weighted by molar-refractivity contribution is 0.0730. The Bertz CT molecular complexity index is 713. The van der Waals surface area contributed by atoms with Gasteiger partial charge in [0.2, 0.25) is 10.0 Å². The molecule has 2 aromatic rings. The summed E-state index contributed by atoms with van der Waals surface area (Å²) in [7, 11) is -3.48. The highest BCUT2D eigenvalue weighted by atomic mass is 32.2. The van der Waals surface area contributed by atoms with Gasteiger partial charge in [0.15, 0.2) is 0 Å². The van der Waals surface area contributed by atoms with Crippen molar-refractivity contribution in [1.82, 2.24) is 14.3 Å². The first-order valence-corrected chi connectivity index (χ1v) is 8.05. The zero-order valence-corrected chi connectivity index (χ0v) is 12.2. The van der Waals surface area contributed by atoms with Crippen LogP contribution in [0.4, 0.5) is 0 Å². The Morgan fingerprint density at radius 2 is 1.76 bits per heavy atom. The Balaban J connectivity index is 1.96. The summed E-state index contributed by atoms with van der Waals surface area (Å²) in [4.78, 5) is 8.19. The zero-order chi connectivity index (χ0) is 14.7. The second-order valence-electron chi connectivity index (χ2n) is 4.67. The van der Waals surface area contributed by atoms with Crippen molar-refractivity contribution in [3.05, 3.63) is 43.0 Å². The number of hydrogen-bond acceptors (Lipinski definition) is 5. The van der Waals surface area contributed by atoms with E-state index in [4.69, 9.17) is 4.74 Å². The number of ether oxygens (including phenoxy) is 1. The molecule has 1 aromatic carbocycles. The van der Waals surface area contributed by atoms with E-state index in [-0.39, 0.29) is 4.90 Å². The summed E-state index contributed by atoms with van der Waals surface area (Å²) >= 11 is 0. The monoisotopic (exact) mass is 305 g/mol. The van der Waals surface area contributed by atoms with Crippen LogP contribution in [0.25, 0.3) is 11.1 Å². The van der Waals surface area contributed by atoms with Crippen LogP contribution < -0.4 is 0 Å². The van der Waals surface area contributed by atoms with E-state index in [1.54, 1.807) is 30.6 Å². The molecule has 0 bridgehead atoms. The van der Waals surface area contributed by atoms with Crippen molar-refractivity contribution in [3.63, 3.8) is 0 Å². The predicted molar refractivity (Wildman–Crippen MR) is 77.0 cm³/mol. The molecule has 0 saturated carbocycles. The first-order chi connectivity index (χ1) is 10.2. The summed E-state index contributed by atoms with van der Waals surface area (Å²) in [6.07, 6.45) is 4.76. The predicted octanol–water partition coefficient (Wildman–Crippen LogP) is 1.16. The Labute approximate surface area is 123 Å². The Kier molecular flexibility index (Phi) is 3.96. The number of benzene rings is 1. The van der Waals surface area contributed by atoms with Gasteiger partial charge in [0.1, 0.15) is 6.33 Å². The van der Waals surface area contributed by atoms with Crippen molar-refractivity contribution in [2.24, 2.45) is 0 Å². The van der Waals surface area contributed by atoms with E-state index in [0.29, 0.717) is 26.3 Å². The zero-order valence-electron chi connectivity index (χ0n) is 11.3. The van der Waals surface area contributed by atoms with Crippen LogP contribution in [0.1, 0.15) is 0 Å². The lowest BCUT2D eigenvalue weighted by atomic mass is 10.1. The van der Waals surface area contributed by atoms with E-state index in [1.807, 2.05) is 6.07 Å². The summed E-state index contributed by atoms with van der Waals surface area (Å²) in [5.41, 5.74) is 1.57. The minimum absolute atomic E-state index is 0.283. The SMILES string of the molecule is O=S(=O)(c1cccc(-c2cncnc2)c1)N1CCOCC1. The first kappa shape index (κ1) is 14.1. The van der Waals surface area contributed by atoms with Crippen LogP contribution in [-0.2, 0) is 14.8 Å². The van der Waals surface area contributed by atoms with Crippen molar-refractivity contribution in [2.75, 3.05) is 26.3 Å². The number of nitrogens with zero attached hydrogens (tertiary/aromatic N) is 3. The van der Waals surface area contributed by atoms with E-state index in [1.165, 1.54) is 10.6 Å². The first-order valence-electron chi connectivity index (χ1n) is 6.61. The number of morpholine rings is 1. The molecule has 0 aliphatic carbocycles. The van der Waals surface area contributed by atoms with Gasteiger partial charge in [-0.3, -0.25) is 0 Å². The van der Waals surface area contributed by atoms with E-state index < -0.39 is 10.0 Å². The molecular formula is C14H15N3O3S. The fraction of sp³-hybridized carbons (Fsp3) is 0.286. The maximum Gasteiger partial charge on any atom is 0.243 e. The quantitative estimate of drug-likeness (QED) is 0.851. The number of aromatic nitrogens is 2. The van der Waals surface area contributed by atoms with Gasteiger partial charge in [-0.05, 0) is 17.7 Å². The van der Waals surface area contributed by atoms with Gasteiger partial charge >= 0.3 is 0 Å². The van der Waals surface area contributed by atoms with Gasteiger partial charge in [0, 0.05) is 31.0 Å². The van der Waals surface area contributed by atoms with Crippen LogP contribution in [0.5, 0.6) is 0 Å². The molecule has 110 valence electrons. The van der Waals surface area contributed by atoms with Crippen molar-refractivity contribution >= 4 is 10.0 Å². The van der Waals surface area contributed by atoms with Crippen LogP contribution in [0, 0.1) is 0 Å². The molecule has 1 fully saturated rings. The lowest BCUT2D eigenvalue weighted by Crippen LogP contribution is -2.40. The number of hydrogen-bond donors (Lipinski definition) is 0. The normalized spacial score (nSPS) is 16.8. The molecule has 0 amide bonds. The van der Waals surface area contributed by atoms with Crippen molar-refractivity contribution < 1.29 is 13.2 Å². The molecule has 21 heavy (non-hydrogen) atoms. The third kappa shape index (κ3) is 2.94. The van der Waals surface area contributed by atoms with Crippen molar-refractivity contribution in [3.8, 4) is 11.1 Å². The maximum absolute atomic E-state index is 12.6. The second kappa shape index (κ2) is 5.88. The van der Waals surface area contributed by atoms with Gasteiger partial charge in [0.25, 0.3) is 0 Å². The molecule has 0 spiro atoms. The molecular weight excluding hydrogens is 290 g/mol. The Morgan fingerprint density at radius 3 is 2.48 bits per heavy atom. The fourth-order valence-electron chi connectivity index (χ4n) is 2.22. The van der Waals surface area contributed by atoms with E-state index in [2.05, 4.69) is 9.97 Å². The standard InChI is InChI=1S/C14H15N3O3S/c18-21(19,17-4-6-20-7-5-17)14-3-1-2-12(8-14)13-9-15-11-16-10-13/h1-3,8-11H,4-7H2. The van der Waals surface area contributed by atoms with Crippen molar-refractivity contribution in [1.29, 1.82) is 0 Å². The third-order valence-electron chi connectivity index (χ3n) is 3.34. The summed E-state index contributed by atoms with van der Waals surface area (Å²) in [6.45, 7) is 1.65. The van der Waals surface area contributed by atoms with Gasteiger partial charge in [0.05, 0.1) is 18.1 Å². The van der Waals surface area contributed by atoms with Crippen molar-refractivity contribution in [2.45, 2.75) is 4.90 Å². The molecule has 1 aliphatic rings. The summed E-state index contributed by atoms with van der Waals surface area (Å²) in [5.74, 6) is 0. The van der Waals surface area contributed by atoms with Gasteiger partial charge in [-0.2, -0.15) is 4.31 Å². The second-order valence-corrected chi connectivity index (χ2v) is 6.61. The van der Waals surface area contributed by atoms with Crippen LogP contribution >= 0.6 is 0 Å². The molecule has 0 unspecified atom stereocenters. The molecule has 0 atom stereocenters. The molecule has 2 heterocycles. The number of rotatable bonds is 3. The highest BCUT2D eigenvalue weighted by Gasteiger charge is 2.26. The summed E-state index contributed by atoms with van der Waals surface area (Å²) < 4.78 is 31.9. The van der Waals surface area contributed by atoms with Gasteiger partial charge in [-0.15, -0.1) is 0 Å². The Hall–Kier alpha value is -1.83. The summed E-state index contributed by atoms with van der Waals surface area (Å²) in [5, 5.41) is 0. The molecule has 1 aliphatic heterocycles. The topological polar surface area (TPSA) is 72.4 Å². The highest BCUT2D eigenvalue weighted by molar-refractivity contribution is 7.89. The van der Waals surface area contributed by atoms with E-state index in [9.17, 15) is 8.42 Å². The molecule has 1 saturated heterocycles. The third-order valence-corrected chi connectivity index (χ3v) is 5.23. The molecule has 1 aromatic heterocycles. The molecule has 0 N–H and O–H groups in total. The minimum Gasteiger partial charge on any atom is -0.379 e. The molecule has 7 heteroatoms. The molecule has 6 nitrogen and oxygen atoms in total. The summed E-state index contributed by atoms with van der Waals surface area (Å²) in [6, 6.07) is 6.84. The number of sulfonamides is 1.